The zero-order valence-corrected chi connectivity index (χ0v) is 11.2. The summed E-state index contributed by atoms with van der Waals surface area (Å²) < 4.78 is 5.21. The maximum absolute atomic E-state index is 10.6. The van der Waals surface area contributed by atoms with Gasteiger partial charge in [0.2, 0.25) is 0 Å². The van der Waals surface area contributed by atoms with E-state index >= 15 is 0 Å². The lowest BCUT2D eigenvalue weighted by Crippen LogP contribution is -2.31. The highest BCUT2D eigenvalue weighted by atomic mass is 16.5. The Morgan fingerprint density at radius 3 is 2.35 bits per heavy atom. The molecule has 1 N–H and O–H groups in total. The normalized spacial score (nSPS) is 11.5. The second-order valence-corrected chi connectivity index (χ2v) is 4.75. The molecule has 0 aliphatic carbocycles. The lowest BCUT2D eigenvalue weighted by atomic mass is 9.86. The summed E-state index contributed by atoms with van der Waals surface area (Å²) in [7, 11) is 1.67. The number of aliphatic hydroxyl groups is 1. The Balaban J connectivity index is 2.77. The smallest absolute Gasteiger partial charge is 0.119 e. The van der Waals surface area contributed by atoms with E-state index in [4.69, 9.17) is 4.74 Å². The van der Waals surface area contributed by atoms with E-state index in [2.05, 4.69) is 19.9 Å². The van der Waals surface area contributed by atoms with Gasteiger partial charge in [0.25, 0.3) is 0 Å². The van der Waals surface area contributed by atoms with Crippen molar-refractivity contribution in [2.24, 2.45) is 0 Å². The lowest BCUT2D eigenvalue weighted by molar-refractivity contribution is 0.0216. The summed E-state index contributed by atoms with van der Waals surface area (Å²) in [6, 6.07) is 7.98. The molecule has 2 nitrogen and oxygen atoms in total. The molecule has 0 aliphatic rings. The van der Waals surface area contributed by atoms with Crippen molar-refractivity contribution in [1.29, 1.82) is 0 Å². The lowest BCUT2D eigenvalue weighted by Gasteiger charge is -2.27. The third-order valence-electron chi connectivity index (χ3n) is 3.10. The van der Waals surface area contributed by atoms with Gasteiger partial charge in [-0.2, -0.15) is 0 Å². The zero-order valence-electron chi connectivity index (χ0n) is 11.2. The van der Waals surface area contributed by atoms with E-state index in [0.29, 0.717) is 6.42 Å². The monoisotopic (exact) mass is 236 g/mol. The molecule has 1 rings (SSSR count). The van der Waals surface area contributed by atoms with Crippen LogP contribution in [0.15, 0.2) is 24.3 Å². The molecule has 0 saturated carbocycles. The number of benzene rings is 1. The standard InChI is InChI=1S/C15H24O2/c1-4-9-15(16,10-5-2)12-13-7-6-8-14(11-13)17-3/h6-8,11,16H,4-5,9-10,12H2,1-3H3. The van der Waals surface area contributed by atoms with E-state index in [0.717, 1.165) is 37.0 Å². The van der Waals surface area contributed by atoms with Gasteiger partial charge in [0.05, 0.1) is 12.7 Å². The van der Waals surface area contributed by atoms with Crippen molar-refractivity contribution in [3.05, 3.63) is 29.8 Å². The van der Waals surface area contributed by atoms with Crippen LogP contribution in [0.4, 0.5) is 0 Å². The fourth-order valence-corrected chi connectivity index (χ4v) is 2.39. The number of methoxy groups -OCH3 is 1. The third-order valence-corrected chi connectivity index (χ3v) is 3.10. The molecule has 0 atom stereocenters. The molecule has 96 valence electrons. The minimum Gasteiger partial charge on any atom is -0.497 e. The van der Waals surface area contributed by atoms with Gasteiger partial charge in [-0.05, 0) is 30.5 Å². The first-order chi connectivity index (χ1) is 8.13. The Morgan fingerprint density at radius 1 is 1.18 bits per heavy atom. The van der Waals surface area contributed by atoms with Gasteiger partial charge in [-0.1, -0.05) is 38.8 Å². The number of hydrogen-bond acceptors (Lipinski definition) is 2. The average molecular weight is 236 g/mol. The number of rotatable bonds is 7. The Morgan fingerprint density at radius 2 is 1.82 bits per heavy atom. The van der Waals surface area contributed by atoms with Crippen molar-refractivity contribution in [1.82, 2.24) is 0 Å². The van der Waals surface area contributed by atoms with E-state index in [-0.39, 0.29) is 0 Å². The van der Waals surface area contributed by atoms with E-state index in [1.54, 1.807) is 7.11 Å². The molecule has 0 bridgehead atoms. The molecule has 2 heteroatoms. The summed E-state index contributed by atoms with van der Waals surface area (Å²) in [6.45, 7) is 4.23. The van der Waals surface area contributed by atoms with Gasteiger partial charge in [-0.15, -0.1) is 0 Å². The van der Waals surface area contributed by atoms with E-state index in [1.807, 2.05) is 18.2 Å². The van der Waals surface area contributed by atoms with Crippen LogP contribution >= 0.6 is 0 Å². The molecular formula is C15H24O2. The van der Waals surface area contributed by atoms with Crippen LogP contribution < -0.4 is 4.74 Å². The third kappa shape index (κ3) is 4.39. The predicted octanol–water partition coefficient (Wildman–Crippen LogP) is 3.57. The predicted molar refractivity (Wildman–Crippen MR) is 71.5 cm³/mol. The molecule has 17 heavy (non-hydrogen) atoms. The fourth-order valence-electron chi connectivity index (χ4n) is 2.39. The zero-order chi connectivity index (χ0) is 12.7. The first-order valence-corrected chi connectivity index (χ1v) is 6.49. The van der Waals surface area contributed by atoms with Gasteiger partial charge in [-0.25, -0.2) is 0 Å². The van der Waals surface area contributed by atoms with E-state index in [1.165, 1.54) is 0 Å². The molecule has 1 aromatic rings. The summed E-state index contributed by atoms with van der Waals surface area (Å²) in [4.78, 5) is 0. The molecule has 0 fully saturated rings. The Labute approximate surface area is 105 Å². The summed E-state index contributed by atoms with van der Waals surface area (Å²) in [5, 5.41) is 10.6. The molecule has 0 heterocycles. The minimum atomic E-state index is -0.560. The summed E-state index contributed by atoms with van der Waals surface area (Å²) >= 11 is 0. The van der Waals surface area contributed by atoms with Crippen LogP contribution in [0.2, 0.25) is 0 Å². The molecule has 0 aliphatic heterocycles. The van der Waals surface area contributed by atoms with Gasteiger partial charge in [0, 0.05) is 6.42 Å². The fraction of sp³-hybridized carbons (Fsp3) is 0.600. The van der Waals surface area contributed by atoms with Gasteiger partial charge < -0.3 is 9.84 Å². The summed E-state index contributed by atoms with van der Waals surface area (Å²) in [5.41, 5.74) is 0.587. The second kappa shape index (κ2) is 6.65. The molecule has 0 unspecified atom stereocenters. The van der Waals surface area contributed by atoms with Crippen LogP contribution in [0, 0.1) is 0 Å². The topological polar surface area (TPSA) is 29.5 Å². The van der Waals surface area contributed by atoms with Crippen LogP contribution in [0.3, 0.4) is 0 Å². The van der Waals surface area contributed by atoms with Crippen molar-refractivity contribution >= 4 is 0 Å². The molecule has 0 aromatic heterocycles. The maximum Gasteiger partial charge on any atom is 0.119 e. The van der Waals surface area contributed by atoms with Gasteiger partial charge >= 0.3 is 0 Å². The average Bonchev–Trinajstić information content (AvgIpc) is 2.29. The van der Waals surface area contributed by atoms with Crippen LogP contribution in [-0.4, -0.2) is 17.8 Å². The quantitative estimate of drug-likeness (QED) is 0.784. The van der Waals surface area contributed by atoms with Crippen molar-refractivity contribution < 1.29 is 9.84 Å². The maximum atomic E-state index is 10.6. The van der Waals surface area contributed by atoms with E-state index < -0.39 is 5.60 Å². The van der Waals surface area contributed by atoms with Crippen molar-refractivity contribution in [2.75, 3.05) is 7.11 Å². The van der Waals surface area contributed by atoms with Crippen LogP contribution in [0.1, 0.15) is 45.1 Å². The van der Waals surface area contributed by atoms with E-state index in [9.17, 15) is 5.11 Å². The first kappa shape index (κ1) is 14.0. The number of hydrogen-bond donors (Lipinski definition) is 1. The molecular weight excluding hydrogens is 212 g/mol. The summed E-state index contributed by atoms with van der Waals surface area (Å²) in [6.07, 6.45) is 4.46. The second-order valence-electron chi connectivity index (χ2n) is 4.75. The van der Waals surface area contributed by atoms with Crippen LogP contribution in [-0.2, 0) is 6.42 Å². The highest BCUT2D eigenvalue weighted by molar-refractivity contribution is 5.29. The number of ether oxygens (including phenoxy) is 1. The molecule has 0 spiro atoms. The molecule has 0 saturated heterocycles. The van der Waals surface area contributed by atoms with Crippen molar-refractivity contribution in [3.63, 3.8) is 0 Å². The minimum absolute atomic E-state index is 0.560. The first-order valence-electron chi connectivity index (χ1n) is 6.49. The van der Waals surface area contributed by atoms with Gasteiger partial charge in [0.1, 0.15) is 5.75 Å². The Bertz CT molecular complexity index is 327. The summed E-state index contributed by atoms with van der Waals surface area (Å²) in [5.74, 6) is 0.859. The van der Waals surface area contributed by atoms with Crippen LogP contribution in [0.5, 0.6) is 5.75 Å². The molecule has 0 amide bonds. The highest BCUT2D eigenvalue weighted by Crippen LogP contribution is 2.26. The highest BCUT2D eigenvalue weighted by Gasteiger charge is 2.25. The van der Waals surface area contributed by atoms with Crippen LogP contribution in [0.25, 0.3) is 0 Å². The molecule has 1 aromatic carbocycles. The van der Waals surface area contributed by atoms with Gasteiger partial charge in [0.15, 0.2) is 0 Å². The largest absolute Gasteiger partial charge is 0.497 e. The Kier molecular flexibility index (Phi) is 5.49. The Hall–Kier alpha value is -1.02. The van der Waals surface area contributed by atoms with Gasteiger partial charge in [-0.3, -0.25) is 0 Å². The SMILES string of the molecule is CCCC(O)(CCC)Cc1cccc(OC)c1. The van der Waals surface area contributed by atoms with Crippen molar-refractivity contribution in [3.8, 4) is 5.75 Å². The van der Waals surface area contributed by atoms with Crippen molar-refractivity contribution in [2.45, 2.75) is 51.6 Å². The molecule has 0 radical (unpaired) electrons.